The maximum atomic E-state index is 11.9. The lowest BCUT2D eigenvalue weighted by Gasteiger charge is -2.22. The second-order valence-corrected chi connectivity index (χ2v) is 7.37. The fourth-order valence-electron chi connectivity index (χ4n) is 2.77. The average molecular weight is 424 g/mol. The molecule has 10 heteroatoms. The van der Waals surface area contributed by atoms with Crippen molar-refractivity contribution in [3.05, 3.63) is 90.0 Å². The first-order valence-corrected chi connectivity index (χ1v) is 9.97. The fourth-order valence-corrected chi connectivity index (χ4v) is 3.44. The Morgan fingerprint density at radius 3 is 2.03 bits per heavy atom. The molecular formula is C20H16N4O5S. The van der Waals surface area contributed by atoms with Crippen molar-refractivity contribution in [2.45, 2.75) is 4.90 Å². The van der Waals surface area contributed by atoms with Crippen LogP contribution in [-0.4, -0.2) is 29.9 Å². The smallest absolute Gasteiger partial charge is 0.336 e. The van der Waals surface area contributed by atoms with Crippen molar-refractivity contribution in [3.8, 4) is 0 Å². The van der Waals surface area contributed by atoms with E-state index in [1.165, 1.54) is 41.4 Å². The molecule has 0 aliphatic rings. The van der Waals surface area contributed by atoms with Gasteiger partial charge in [0.05, 0.1) is 16.9 Å². The van der Waals surface area contributed by atoms with E-state index >= 15 is 0 Å². The van der Waals surface area contributed by atoms with E-state index in [9.17, 15) is 22.9 Å². The van der Waals surface area contributed by atoms with Gasteiger partial charge in [-0.3, -0.25) is 4.55 Å². The van der Waals surface area contributed by atoms with Crippen LogP contribution in [0.15, 0.2) is 94.0 Å². The first kappa shape index (κ1) is 20.8. The number of hydrogen-bond donors (Lipinski definition) is 3. The summed E-state index contributed by atoms with van der Waals surface area (Å²) in [5, 5.41) is 18.3. The minimum atomic E-state index is -4.60. The molecule has 0 unspecified atom stereocenters. The summed E-state index contributed by atoms with van der Waals surface area (Å²) in [7, 11) is -4.60. The molecular weight excluding hydrogens is 408 g/mol. The number of carboxylic acids is 1. The van der Waals surface area contributed by atoms with Crippen molar-refractivity contribution in [3.63, 3.8) is 0 Å². The third-order valence-electron chi connectivity index (χ3n) is 4.07. The predicted molar refractivity (Wildman–Crippen MR) is 110 cm³/mol. The molecule has 0 aliphatic heterocycles. The van der Waals surface area contributed by atoms with E-state index in [2.05, 4.69) is 10.2 Å². The molecule has 3 rings (SSSR count). The van der Waals surface area contributed by atoms with Crippen LogP contribution < -0.4 is 5.01 Å². The molecule has 0 radical (unpaired) electrons. The number of para-hydroxylation sites is 2. The number of amidine groups is 1. The molecule has 0 aromatic heterocycles. The monoisotopic (exact) mass is 424 g/mol. The average Bonchev–Trinajstić information content (AvgIpc) is 2.74. The molecule has 30 heavy (non-hydrogen) atoms. The third-order valence-corrected chi connectivity index (χ3v) is 4.97. The molecule has 0 spiro atoms. The Kier molecular flexibility index (Phi) is 6.00. The highest BCUT2D eigenvalue weighted by Crippen LogP contribution is 2.32. The van der Waals surface area contributed by atoms with Gasteiger partial charge < -0.3 is 5.11 Å². The molecule has 3 aromatic carbocycles. The van der Waals surface area contributed by atoms with Gasteiger partial charge in [-0.1, -0.05) is 48.5 Å². The summed E-state index contributed by atoms with van der Waals surface area (Å²) in [6.45, 7) is 0. The number of nitrogens with zero attached hydrogens (tertiary/aromatic N) is 3. The van der Waals surface area contributed by atoms with Crippen molar-refractivity contribution < 1.29 is 22.9 Å². The Bertz CT molecular complexity index is 1230. The molecule has 0 amide bonds. The van der Waals surface area contributed by atoms with Gasteiger partial charge in [0, 0.05) is 5.56 Å². The highest BCUT2D eigenvalue weighted by Gasteiger charge is 2.22. The minimum absolute atomic E-state index is 0.000145. The van der Waals surface area contributed by atoms with Crippen LogP contribution in [0.3, 0.4) is 0 Å². The number of hydrazone groups is 1. The van der Waals surface area contributed by atoms with Crippen molar-refractivity contribution in [2.75, 3.05) is 5.01 Å². The molecule has 0 saturated heterocycles. The van der Waals surface area contributed by atoms with E-state index < -0.39 is 21.0 Å². The maximum Gasteiger partial charge on any atom is 0.336 e. The molecule has 3 N–H and O–H groups in total. The summed E-state index contributed by atoms with van der Waals surface area (Å²) in [5.74, 6) is -1.49. The van der Waals surface area contributed by atoms with Crippen LogP contribution in [-0.2, 0) is 10.1 Å². The SMILES string of the molecule is N=NC(=NN(c1ccccc1)c1ccccc1S(=O)(=O)O)c1ccccc1C(=O)O. The normalized spacial score (nSPS) is 11.7. The largest absolute Gasteiger partial charge is 0.478 e. The molecule has 0 saturated carbocycles. The van der Waals surface area contributed by atoms with Gasteiger partial charge in [0.2, 0.25) is 5.84 Å². The Labute approximate surface area is 172 Å². The Morgan fingerprint density at radius 2 is 1.43 bits per heavy atom. The van der Waals surface area contributed by atoms with Crippen molar-refractivity contribution in [2.24, 2.45) is 10.2 Å². The Morgan fingerprint density at radius 1 is 0.867 bits per heavy atom. The summed E-state index contributed by atoms with van der Waals surface area (Å²) in [4.78, 5) is 11.2. The van der Waals surface area contributed by atoms with E-state index in [1.54, 1.807) is 42.5 Å². The number of aromatic carboxylic acids is 1. The first-order chi connectivity index (χ1) is 14.3. The number of rotatable bonds is 6. The standard InChI is InChI=1S/C20H16N4O5S/c21-22-19(15-10-4-5-11-16(15)20(25)26)23-24(14-8-2-1-3-9-14)17-12-6-7-13-18(17)30(27,28)29/h1-13,21H,(H,25,26)(H,27,28,29). The molecule has 0 heterocycles. The van der Waals surface area contributed by atoms with Gasteiger partial charge in [-0.25, -0.2) is 15.3 Å². The lowest BCUT2D eigenvalue weighted by molar-refractivity contribution is 0.0696. The van der Waals surface area contributed by atoms with Gasteiger partial charge >= 0.3 is 5.97 Å². The van der Waals surface area contributed by atoms with E-state index in [4.69, 9.17) is 5.53 Å². The van der Waals surface area contributed by atoms with E-state index in [0.717, 1.165) is 0 Å². The maximum absolute atomic E-state index is 11.9. The number of anilines is 2. The van der Waals surface area contributed by atoms with E-state index in [1.807, 2.05) is 0 Å². The van der Waals surface area contributed by atoms with Gasteiger partial charge in [0.1, 0.15) is 4.90 Å². The zero-order chi connectivity index (χ0) is 21.7. The van der Waals surface area contributed by atoms with Crippen LogP contribution in [0.5, 0.6) is 0 Å². The molecule has 0 aliphatic carbocycles. The molecule has 3 aromatic rings. The van der Waals surface area contributed by atoms with Crippen LogP contribution in [0.25, 0.3) is 0 Å². The topological polar surface area (TPSA) is 143 Å². The number of hydrogen-bond acceptors (Lipinski definition) is 6. The van der Waals surface area contributed by atoms with Crippen LogP contribution in [0.2, 0.25) is 0 Å². The van der Waals surface area contributed by atoms with Gasteiger partial charge in [-0.15, -0.1) is 10.2 Å². The number of carbonyl (C=O) groups is 1. The second-order valence-electron chi connectivity index (χ2n) is 5.98. The Balaban J connectivity index is 2.28. The second kappa shape index (κ2) is 8.64. The van der Waals surface area contributed by atoms with Gasteiger partial charge in [-0.2, -0.15) is 8.42 Å². The van der Waals surface area contributed by atoms with Crippen LogP contribution in [0.1, 0.15) is 15.9 Å². The third kappa shape index (κ3) is 4.40. The van der Waals surface area contributed by atoms with Crippen molar-refractivity contribution >= 4 is 33.3 Å². The molecule has 0 atom stereocenters. The van der Waals surface area contributed by atoms with Gasteiger partial charge in [0.25, 0.3) is 10.1 Å². The summed E-state index contributed by atoms with van der Waals surface area (Å²) in [6.07, 6.45) is 0. The van der Waals surface area contributed by atoms with Crippen LogP contribution in [0, 0.1) is 5.53 Å². The summed E-state index contributed by atoms with van der Waals surface area (Å²) < 4.78 is 33.5. The highest BCUT2D eigenvalue weighted by molar-refractivity contribution is 7.86. The van der Waals surface area contributed by atoms with Gasteiger partial charge in [-0.05, 0) is 30.3 Å². The van der Waals surface area contributed by atoms with Gasteiger partial charge in [0.15, 0.2) is 0 Å². The molecule has 0 bridgehead atoms. The molecule has 9 nitrogen and oxygen atoms in total. The lowest BCUT2D eigenvalue weighted by Crippen LogP contribution is -2.17. The van der Waals surface area contributed by atoms with Crippen molar-refractivity contribution in [1.29, 1.82) is 5.53 Å². The predicted octanol–water partition coefficient (Wildman–Crippen LogP) is 4.16. The summed E-state index contributed by atoms with van der Waals surface area (Å²) >= 11 is 0. The van der Waals surface area contributed by atoms with E-state index in [-0.39, 0.29) is 22.6 Å². The fraction of sp³-hybridized carbons (Fsp3) is 0. The summed E-state index contributed by atoms with van der Waals surface area (Å²) in [5.41, 5.74) is 7.89. The molecule has 0 fully saturated rings. The zero-order valence-electron chi connectivity index (χ0n) is 15.4. The number of carboxylic acid groups (broad SMARTS) is 1. The Hall–Kier alpha value is -3.89. The number of benzene rings is 3. The van der Waals surface area contributed by atoms with Crippen LogP contribution in [0.4, 0.5) is 11.4 Å². The summed E-state index contributed by atoms with van der Waals surface area (Å²) in [6, 6.07) is 19.9. The molecule has 152 valence electrons. The lowest BCUT2D eigenvalue weighted by atomic mass is 10.1. The van der Waals surface area contributed by atoms with Crippen LogP contribution >= 0.6 is 0 Å². The highest BCUT2D eigenvalue weighted by atomic mass is 32.2. The first-order valence-electron chi connectivity index (χ1n) is 8.53. The number of nitrogens with one attached hydrogen (secondary N) is 1. The van der Waals surface area contributed by atoms with E-state index in [0.29, 0.717) is 5.69 Å². The zero-order valence-corrected chi connectivity index (χ0v) is 16.2. The van der Waals surface area contributed by atoms with Crippen molar-refractivity contribution in [1.82, 2.24) is 0 Å². The minimum Gasteiger partial charge on any atom is -0.478 e. The quantitative estimate of drug-likeness (QED) is 0.178.